The van der Waals surface area contributed by atoms with E-state index in [2.05, 4.69) is 39.1 Å². The fraction of sp³-hybridized carbons (Fsp3) is 0.727. The van der Waals surface area contributed by atoms with Crippen molar-refractivity contribution >= 4 is 11.9 Å². The Balaban J connectivity index is 1.94. The number of ether oxygens (including phenoxy) is 1. The van der Waals surface area contributed by atoms with Crippen LogP contribution in [-0.4, -0.2) is 24.5 Å². The number of fused-ring (bicyclic) bond motifs is 2. The maximum Gasteiger partial charge on any atom is 0.302 e. The van der Waals surface area contributed by atoms with Gasteiger partial charge in [0.15, 0.2) is 0 Å². The predicted molar refractivity (Wildman–Crippen MR) is 102 cm³/mol. The molecule has 0 radical (unpaired) electrons. The quantitative estimate of drug-likeness (QED) is 0.596. The summed E-state index contributed by atoms with van der Waals surface area (Å²) in [5, 5.41) is 3.06. The highest BCUT2D eigenvalue weighted by molar-refractivity contribution is 5.98. The first-order valence-electron chi connectivity index (χ1n) is 10.1. The maximum atomic E-state index is 12.7. The Morgan fingerprint density at radius 3 is 2.69 bits per heavy atom. The molecule has 4 nitrogen and oxygen atoms in total. The Bertz CT molecular complexity index is 644. The highest BCUT2D eigenvalue weighted by atomic mass is 16.5. The minimum Gasteiger partial charge on any atom is -0.462 e. The van der Waals surface area contributed by atoms with Crippen LogP contribution in [0.15, 0.2) is 22.8 Å². The van der Waals surface area contributed by atoms with E-state index in [1.54, 1.807) is 0 Å². The number of hydrogen-bond donors (Lipinski definition) is 1. The van der Waals surface area contributed by atoms with Gasteiger partial charge in [0, 0.05) is 25.0 Å². The first kappa shape index (κ1) is 19.2. The summed E-state index contributed by atoms with van der Waals surface area (Å²) in [7, 11) is 0. The third-order valence-electron chi connectivity index (χ3n) is 6.49. The highest BCUT2D eigenvalue weighted by Gasteiger charge is 2.52. The lowest BCUT2D eigenvalue weighted by atomic mass is 9.73. The molecule has 1 fully saturated rings. The largest absolute Gasteiger partial charge is 0.462 e. The fourth-order valence-corrected chi connectivity index (χ4v) is 5.13. The second kappa shape index (κ2) is 7.58. The Labute approximate surface area is 157 Å². The Kier molecular flexibility index (Phi) is 5.59. The summed E-state index contributed by atoms with van der Waals surface area (Å²) in [5.41, 5.74) is 3.57. The van der Waals surface area contributed by atoms with Crippen molar-refractivity contribution in [2.24, 2.45) is 29.6 Å². The minimum atomic E-state index is -0.239. The number of nitrogens with one attached hydrogen (secondary N) is 1. The monoisotopic (exact) mass is 359 g/mol. The molecule has 0 aromatic rings. The lowest BCUT2D eigenvalue weighted by Gasteiger charge is -2.35. The third-order valence-corrected chi connectivity index (χ3v) is 6.49. The molecule has 3 aliphatic rings. The summed E-state index contributed by atoms with van der Waals surface area (Å²) in [6.45, 7) is 10.9. The summed E-state index contributed by atoms with van der Waals surface area (Å²) in [6.07, 6.45) is 6.10. The lowest BCUT2D eigenvalue weighted by molar-refractivity contribution is -0.151. The molecule has 0 bridgehead atoms. The number of esters is 1. The van der Waals surface area contributed by atoms with Crippen LogP contribution >= 0.6 is 0 Å². The van der Waals surface area contributed by atoms with Gasteiger partial charge in [0.25, 0.3) is 0 Å². The Hall–Kier alpha value is -1.58. The molecule has 0 spiro atoms. The summed E-state index contributed by atoms with van der Waals surface area (Å²) >= 11 is 0. The van der Waals surface area contributed by atoms with Gasteiger partial charge in [0.1, 0.15) is 6.10 Å². The molecule has 6 atom stereocenters. The van der Waals surface area contributed by atoms with Crippen molar-refractivity contribution in [3.63, 3.8) is 0 Å². The molecule has 26 heavy (non-hydrogen) atoms. The first-order chi connectivity index (χ1) is 12.3. The predicted octanol–water partition coefficient (Wildman–Crippen LogP) is 4.02. The van der Waals surface area contributed by atoms with E-state index in [1.165, 1.54) is 24.5 Å². The van der Waals surface area contributed by atoms with Crippen molar-refractivity contribution in [1.82, 2.24) is 5.32 Å². The molecule has 1 amide bonds. The summed E-state index contributed by atoms with van der Waals surface area (Å²) in [6, 6.07) is 0. The van der Waals surface area contributed by atoms with Gasteiger partial charge in [-0.05, 0) is 68.8 Å². The number of hydrogen-bond acceptors (Lipinski definition) is 3. The molecular weight excluding hydrogens is 326 g/mol. The number of rotatable bonds is 5. The molecule has 0 aromatic heterocycles. The molecule has 1 saturated carbocycles. The van der Waals surface area contributed by atoms with Gasteiger partial charge in [0.2, 0.25) is 5.91 Å². The van der Waals surface area contributed by atoms with Crippen molar-refractivity contribution < 1.29 is 14.3 Å². The van der Waals surface area contributed by atoms with Crippen LogP contribution in [0.3, 0.4) is 0 Å². The van der Waals surface area contributed by atoms with Gasteiger partial charge in [-0.2, -0.15) is 0 Å². The van der Waals surface area contributed by atoms with E-state index in [9.17, 15) is 9.59 Å². The average molecular weight is 360 g/mol. The van der Waals surface area contributed by atoms with E-state index in [0.717, 1.165) is 24.8 Å². The second-order valence-corrected chi connectivity index (χ2v) is 8.85. The molecule has 2 aliphatic carbocycles. The van der Waals surface area contributed by atoms with Gasteiger partial charge in [-0.15, -0.1) is 0 Å². The van der Waals surface area contributed by atoms with Gasteiger partial charge in [0.05, 0.1) is 0 Å². The van der Waals surface area contributed by atoms with E-state index in [0.29, 0.717) is 30.2 Å². The standard InChI is InChI=1S/C22H33NO3/c1-12(2)7-6-8-13(3)20-19(26-15(5)24)9-14(4)16-10-17(16)18-11-23-22(25)21(18)20/h7,13-14,16-17,19-20H,6,8-11H2,1-5H3,(H,23,25)/t13-,14-,16+,17+,19-,20-/m1/s1. The zero-order valence-corrected chi connectivity index (χ0v) is 16.8. The molecule has 1 aliphatic heterocycles. The van der Waals surface area contributed by atoms with Gasteiger partial charge in [-0.25, -0.2) is 0 Å². The smallest absolute Gasteiger partial charge is 0.302 e. The molecule has 1 heterocycles. The summed E-state index contributed by atoms with van der Waals surface area (Å²) in [4.78, 5) is 24.5. The van der Waals surface area contributed by atoms with Crippen LogP contribution in [0, 0.1) is 29.6 Å². The number of carbonyl (C=O) groups is 2. The zero-order valence-electron chi connectivity index (χ0n) is 16.8. The van der Waals surface area contributed by atoms with Gasteiger partial charge >= 0.3 is 5.97 Å². The van der Waals surface area contributed by atoms with E-state index < -0.39 is 0 Å². The van der Waals surface area contributed by atoms with Crippen LogP contribution < -0.4 is 5.32 Å². The molecule has 1 N–H and O–H groups in total. The summed E-state index contributed by atoms with van der Waals surface area (Å²) in [5.74, 6) is 1.87. The van der Waals surface area contributed by atoms with Crippen molar-refractivity contribution in [2.45, 2.75) is 66.4 Å². The third kappa shape index (κ3) is 3.89. The first-order valence-corrected chi connectivity index (χ1v) is 10.1. The van der Waals surface area contributed by atoms with Crippen LogP contribution in [0.2, 0.25) is 0 Å². The van der Waals surface area contributed by atoms with Crippen LogP contribution in [-0.2, 0) is 14.3 Å². The lowest BCUT2D eigenvalue weighted by Crippen LogP contribution is -2.37. The van der Waals surface area contributed by atoms with Crippen molar-refractivity contribution in [1.29, 1.82) is 0 Å². The highest BCUT2D eigenvalue weighted by Crippen LogP contribution is 2.55. The number of allylic oxidation sites excluding steroid dienone is 2. The normalized spacial score (nSPS) is 34.0. The Morgan fingerprint density at radius 1 is 1.31 bits per heavy atom. The molecule has 4 heteroatoms. The molecule has 0 aromatic carbocycles. The van der Waals surface area contributed by atoms with Gasteiger partial charge < -0.3 is 10.1 Å². The summed E-state index contributed by atoms with van der Waals surface area (Å²) < 4.78 is 5.81. The number of carbonyl (C=O) groups excluding carboxylic acids is 2. The average Bonchev–Trinajstić information content (AvgIpc) is 3.24. The van der Waals surface area contributed by atoms with E-state index in [1.807, 2.05) is 0 Å². The number of amides is 1. The van der Waals surface area contributed by atoms with E-state index in [4.69, 9.17) is 4.74 Å². The SMILES string of the molecule is CC(=O)O[C@@H]1C[C@@H](C)[C@@H]2C[C@@H]2C2=C(C(=O)NC2)[C@@H]1[C@H](C)CCC=C(C)C. The van der Waals surface area contributed by atoms with Crippen LogP contribution in [0.4, 0.5) is 0 Å². The van der Waals surface area contributed by atoms with Crippen molar-refractivity contribution in [3.05, 3.63) is 22.8 Å². The van der Waals surface area contributed by atoms with Crippen LogP contribution in [0.1, 0.15) is 60.3 Å². The van der Waals surface area contributed by atoms with Crippen molar-refractivity contribution in [2.75, 3.05) is 6.54 Å². The van der Waals surface area contributed by atoms with Crippen LogP contribution in [0.25, 0.3) is 0 Å². The van der Waals surface area contributed by atoms with E-state index >= 15 is 0 Å². The molecular formula is C22H33NO3. The molecule has 144 valence electrons. The Morgan fingerprint density at radius 2 is 2.04 bits per heavy atom. The fourth-order valence-electron chi connectivity index (χ4n) is 5.13. The van der Waals surface area contributed by atoms with Gasteiger partial charge in [-0.3, -0.25) is 9.59 Å². The van der Waals surface area contributed by atoms with Crippen molar-refractivity contribution in [3.8, 4) is 0 Å². The zero-order chi connectivity index (χ0) is 19.0. The van der Waals surface area contributed by atoms with Crippen LogP contribution in [0.5, 0.6) is 0 Å². The molecule has 0 unspecified atom stereocenters. The minimum absolute atomic E-state index is 0.00552. The molecule has 0 saturated heterocycles. The maximum absolute atomic E-state index is 12.7. The second-order valence-electron chi connectivity index (χ2n) is 8.85. The van der Waals surface area contributed by atoms with E-state index in [-0.39, 0.29) is 23.9 Å². The molecule has 3 rings (SSSR count). The van der Waals surface area contributed by atoms with Gasteiger partial charge in [-0.1, -0.05) is 25.5 Å². The topological polar surface area (TPSA) is 55.4 Å².